The molecule has 0 saturated carbocycles. The van der Waals surface area contributed by atoms with Crippen molar-refractivity contribution in [3.8, 4) is 11.9 Å². The predicted molar refractivity (Wildman–Crippen MR) is 88.1 cm³/mol. The monoisotopic (exact) mass is 350 g/mol. The molecule has 0 saturated heterocycles. The number of nitriles is 1. The van der Waals surface area contributed by atoms with Gasteiger partial charge in [0.05, 0.1) is 5.02 Å². The molecule has 0 radical (unpaired) electrons. The summed E-state index contributed by atoms with van der Waals surface area (Å²) in [6.07, 6.45) is 0. The maximum absolute atomic E-state index is 12.4. The standard InChI is InChI=1S/C15H12Cl2N4O2/c1-3-21-14(22)10(7-18)8(2)13(15(21)23)20-19-12-6-9(16)4-5-11(12)17/h4-6,22H,3H2,1-2H3. The second kappa shape index (κ2) is 6.82. The lowest BCUT2D eigenvalue weighted by Gasteiger charge is -2.10. The van der Waals surface area contributed by atoms with Crippen molar-refractivity contribution >= 4 is 34.6 Å². The number of pyridine rings is 1. The van der Waals surface area contributed by atoms with Gasteiger partial charge in [-0.1, -0.05) is 23.2 Å². The van der Waals surface area contributed by atoms with Crippen LogP contribution in [0.3, 0.4) is 0 Å². The topological polar surface area (TPSA) is 90.7 Å². The summed E-state index contributed by atoms with van der Waals surface area (Å²) in [4.78, 5) is 12.4. The Morgan fingerprint density at radius 2 is 2.04 bits per heavy atom. The van der Waals surface area contributed by atoms with Crippen molar-refractivity contribution in [1.29, 1.82) is 5.26 Å². The van der Waals surface area contributed by atoms with Crippen molar-refractivity contribution in [3.63, 3.8) is 0 Å². The zero-order valence-corrected chi connectivity index (χ0v) is 13.9. The van der Waals surface area contributed by atoms with E-state index in [4.69, 9.17) is 28.5 Å². The van der Waals surface area contributed by atoms with Crippen LogP contribution in [-0.4, -0.2) is 9.67 Å². The van der Waals surface area contributed by atoms with Crippen molar-refractivity contribution in [1.82, 2.24) is 4.57 Å². The average molecular weight is 351 g/mol. The highest BCUT2D eigenvalue weighted by molar-refractivity contribution is 6.35. The van der Waals surface area contributed by atoms with E-state index in [1.807, 2.05) is 6.07 Å². The normalized spacial score (nSPS) is 10.9. The van der Waals surface area contributed by atoms with Crippen molar-refractivity contribution in [2.24, 2.45) is 10.2 Å². The lowest BCUT2D eigenvalue weighted by molar-refractivity contribution is 0.409. The highest BCUT2D eigenvalue weighted by Crippen LogP contribution is 2.31. The van der Waals surface area contributed by atoms with Gasteiger partial charge in [-0.3, -0.25) is 9.36 Å². The Bertz CT molecular complexity index is 898. The summed E-state index contributed by atoms with van der Waals surface area (Å²) >= 11 is 11.9. The first-order valence-corrected chi connectivity index (χ1v) is 7.39. The predicted octanol–water partition coefficient (Wildman–Crippen LogP) is 4.48. The summed E-state index contributed by atoms with van der Waals surface area (Å²) in [5, 5.41) is 27.8. The van der Waals surface area contributed by atoms with Crippen LogP contribution in [-0.2, 0) is 6.54 Å². The summed E-state index contributed by atoms with van der Waals surface area (Å²) in [6.45, 7) is 3.39. The van der Waals surface area contributed by atoms with Crippen LogP contribution in [0.1, 0.15) is 18.1 Å². The van der Waals surface area contributed by atoms with Gasteiger partial charge < -0.3 is 5.11 Å². The Morgan fingerprint density at radius 3 is 2.65 bits per heavy atom. The maximum Gasteiger partial charge on any atom is 0.281 e. The zero-order valence-electron chi connectivity index (χ0n) is 12.3. The molecule has 23 heavy (non-hydrogen) atoms. The van der Waals surface area contributed by atoms with E-state index in [0.29, 0.717) is 15.7 Å². The molecule has 2 rings (SSSR count). The molecule has 0 aliphatic carbocycles. The van der Waals surface area contributed by atoms with Gasteiger partial charge in [-0.25, -0.2) is 0 Å². The smallest absolute Gasteiger partial charge is 0.281 e. The van der Waals surface area contributed by atoms with Gasteiger partial charge in [-0.05, 0) is 32.0 Å². The Hall–Kier alpha value is -2.36. The molecule has 1 heterocycles. The van der Waals surface area contributed by atoms with Crippen molar-refractivity contribution in [3.05, 3.63) is 49.7 Å². The number of hydrogen-bond donors (Lipinski definition) is 1. The highest BCUT2D eigenvalue weighted by Gasteiger charge is 2.18. The SMILES string of the molecule is CCn1c(O)c(C#N)c(C)c(N=Nc2cc(Cl)ccc2Cl)c1=O. The van der Waals surface area contributed by atoms with Gasteiger partial charge in [0.2, 0.25) is 5.88 Å². The first-order chi connectivity index (χ1) is 10.9. The van der Waals surface area contributed by atoms with E-state index < -0.39 is 5.56 Å². The summed E-state index contributed by atoms with van der Waals surface area (Å²) in [5.74, 6) is -0.378. The molecule has 1 aromatic heterocycles. The van der Waals surface area contributed by atoms with E-state index in [2.05, 4.69) is 10.2 Å². The molecular formula is C15H12Cl2N4O2. The molecule has 8 heteroatoms. The van der Waals surface area contributed by atoms with Crippen LogP contribution in [0.2, 0.25) is 10.0 Å². The van der Waals surface area contributed by atoms with Crippen LogP contribution in [0.25, 0.3) is 0 Å². The van der Waals surface area contributed by atoms with Gasteiger partial charge in [0, 0.05) is 17.1 Å². The molecule has 0 aliphatic heterocycles. The van der Waals surface area contributed by atoms with E-state index in [0.717, 1.165) is 4.57 Å². The number of aromatic nitrogens is 1. The molecular weight excluding hydrogens is 339 g/mol. The molecule has 0 aliphatic rings. The molecule has 0 fully saturated rings. The molecule has 118 valence electrons. The number of halogens is 2. The van der Waals surface area contributed by atoms with E-state index in [9.17, 15) is 9.90 Å². The fraction of sp³-hybridized carbons (Fsp3) is 0.200. The molecule has 0 atom stereocenters. The van der Waals surface area contributed by atoms with Gasteiger partial charge in [0.15, 0.2) is 5.69 Å². The second-order valence-corrected chi connectivity index (χ2v) is 5.47. The molecule has 2 aromatic rings. The van der Waals surface area contributed by atoms with Crippen LogP contribution in [0.4, 0.5) is 11.4 Å². The summed E-state index contributed by atoms with van der Waals surface area (Å²) < 4.78 is 1.06. The minimum absolute atomic E-state index is 0.0161. The van der Waals surface area contributed by atoms with Crippen molar-refractivity contribution < 1.29 is 5.11 Å². The zero-order chi connectivity index (χ0) is 17.1. The summed E-state index contributed by atoms with van der Waals surface area (Å²) in [5.41, 5.74) is -0.0348. The van der Waals surface area contributed by atoms with E-state index in [-0.39, 0.29) is 29.2 Å². The quantitative estimate of drug-likeness (QED) is 0.827. The Labute approximate surface area is 142 Å². The van der Waals surface area contributed by atoms with Crippen LogP contribution < -0.4 is 5.56 Å². The van der Waals surface area contributed by atoms with Gasteiger partial charge >= 0.3 is 0 Å². The Morgan fingerprint density at radius 1 is 1.35 bits per heavy atom. The molecule has 0 bridgehead atoms. The van der Waals surface area contributed by atoms with Gasteiger partial charge in [0.1, 0.15) is 17.3 Å². The number of aromatic hydroxyl groups is 1. The van der Waals surface area contributed by atoms with E-state index in [1.165, 1.54) is 13.0 Å². The molecule has 0 spiro atoms. The molecule has 6 nitrogen and oxygen atoms in total. The van der Waals surface area contributed by atoms with Gasteiger partial charge in [-0.2, -0.15) is 5.26 Å². The van der Waals surface area contributed by atoms with Crippen molar-refractivity contribution in [2.75, 3.05) is 0 Å². The van der Waals surface area contributed by atoms with Gasteiger partial charge in [-0.15, -0.1) is 10.2 Å². The van der Waals surface area contributed by atoms with Crippen LogP contribution in [0.5, 0.6) is 5.88 Å². The van der Waals surface area contributed by atoms with Crippen molar-refractivity contribution in [2.45, 2.75) is 20.4 Å². The minimum atomic E-state index is -0.539. The average Bonchev–Trinajstić information content (AvgIpc) is 2.51. The fourth-order valence-electron chi connectivity index (χ4n) is 2.02. The molecule has 0 unspecified atom stereocenters. The third kappa shape index (κ3) is 3.21. The van der Waals surface area contributed by atoms with Crippen LogP contribution in [0, 0.1) is 18.3 Å². The number of azo groups is 1. The van der Waals surface area contributed by atoms with E-state index >= 15 is 0 Å². The largest absolute Gasteiger partial charge is 0.493 e. The molecule has 1 aromatic carbocycles. The lowest BCUT2D eigenvalue weighted by atomic mass is 10.1. The number of benzene rings is 1. The maximum atomic E-state index is 12.4. The first-order valence-electron chi connectivity index (χ1n) is 6.64. The molecule has 0 amide bonds. The minimum Gasteiger partial charge on any atom is -0.493 e. The van der Waals surface area contributed by atoms with Crippen LogP contribution in [0.15, 0.2) is 33.2 Å². The highest BCUT2D eigenvalue weighted by atomic mass is 35.5. The third-order valence-corrected chi connectivity index (χ3v) is 3.81. The van der Waals surface area contributed by atoms with Gasteiger partial charge in [0.25, 0.3) is 5.56 Å². The fourth-order valence-corrected chi connectivity index (χ4v) is 2.34. The third-order valence-electron chi connectivity index (χ3n) is 3.25. The van der Waals surface area contributed by atoms with Crippen LogP contribution >= 0.6 is 23.2 Å². The number of hydrogen-bond acceptors (Lipinski definition) is 5. The Balaban J connectivity index is 2.65. The molecule has 1 N–H and O–H groups in total. The number of rotatable bonds is 3. The van der Waals surface area contributed by atoms with E-state index in [1.54, 1.807) is 19.1 Å². The lowest BCUT2D eigenvalue weighted by Crippen LogP contribution is -2.20. The summed E-state index contributed by atoms with van der Waals surface area (Å²) in [7, 11) is 0. The summed E-state index contributed by atoms with van der Waals surface area (Å²) in [6, 6.07) is 6.54. The first kappa shape index (κ1) is 17.0. The Kier molecular flexibility index (Phi) is 5.04. The second-order valence-electron chi connectivity index (χ2n) is 4.63. The number of nitrogens with zero attached hydrogens (tertiary/aromatic N) is 4.